The third kappa shape index (κ3) is 2.31. The molecule has 22 heavy (non-hydrogen) atoms. The highest BCUT2D eigenvalue weighted by Gasteiger charge is 2.32. The van der Waals surface area contributed by atoms with E-state index in [1.807, 2.05) is 30.7 Å². The van der Waals surface area contributed by atoms with Crippen LogP contribution < -0.4 is 5.32 Å². The lowest BCUT2D eigenvalue weighted by Gasteiger charge is -2.37. The molecule has 3 aliphatic heterocycles. The minimum Gasteiger partial charge on any atom is -0.508 e. The van der Waals surface area contributed by atoms with Gasteiger partial charge in [0.2, 0.25) is 0 Å². The highest BCUT2D eigenvalue weighted by Crippen LogP contribution is 2.27. The van der Waals surface area contributed by atoms with E-state index in [1.165, 1.54) is 0 Å². The van der Waals surface area contributed by atoms with Crippen LogP contribution in [0.1, 0.15) is 5.56 Å². The van der Waals surface area contributed by atoms with Crippen LogP contribution in [0.3, 0.4) is 0 Å². The second-order valence-corrected chi connectivity index (χ2v) is 5.47. The number of aromatic hydroxyl groups is 1. The second kappa shape index (κ2) is 5.38. The van der Waals surface area contributed by atoms with Crippen molar-refractivity contribution in [1.29, 1.82) is 0 Å². The molecule has 114 valence electrons. The van der Waals surface area contributed by atoms with Gasteiger partial charge in [-0.3, -0.25) is 0 Å². The van der Waals surface area contributed by atoms with Gasteiger partial charge in [-0.25, -0.2) is 4.99 Å². The van der Waals surface area contributed by atoms with Crippen molar-refractivity contribution in [2.75, 3.05) is 26.3 Å². The predicted octanol–water partition coefficient (Wildman–Crippen LogP) is 1.14. The molecule has 0 spiro atoms. The highest BCUT2D eigenvalue weighted by atomic mass is 16.5. The molecule has 2 N–H and O–H groups in total. The van der Waals surface area contributed by atoms with E-state index >= 15 is 0 Å². The maximum Gasteiger partial charge on any atom is 0.162 e. The van der Waals surface area contributed by atoms with Crippen LogP contribution in [0.4, 0.5) is 0 Å². The summed E-state index contributed by atoms with van der Waals surface area (Å²) in [5.74, 6) is 1.24. The molecule has 6 nitrogen and oxygen atoms in total. The summed E-state index contributed by atoms with van der Waals surface area (Å²) in [7, 11) is 0. The molecule has 1 aromatic rings. The van der Waals surface area contributed by atoms with Gasteiger partial charge in [0.05, 0.1) is 18.9 Å². The Morgan fingerprint density at radius 1 is 1.27 bits per heavy atom. The van der Waals surface area contributed by atoms with Gasteiger partial charge < -0.3 is 25.0 Å². The van der Waals surface area contributed by atoms with Crippen LogP contribution in [0.15, 0.2) is 47.9 Å². The van der Waals surface area contributed by atoms with Crippen LogP contribution in [0.5, 0.6) is 5.75 Å². The van der Waals surface area contributed by atoms with E-state index in [-0.39, 0.29) is 11.9 Å². The maximum atomic E-state index is 9.70. The molecule has 3 heterocycles. The number of morpholine rings is 1. The summed E-state index contributed by atoms with van der Waals surface area (Å²) in [5.41, 5.74) is 1.76. The molecule has 1 atom stereocenters. The average molecular weight is 298 g/mol. The number of aliphatic imine (C=N–C) groups is 1. The first kappa shape index (κ1) is 13.2. The highest BCUT2D eigenvalue weighted by molar-refractivity contribution is 5.94. The van der Waals surface area contributed by atoms with Crippen LogP contribution in [-0.2, 0) is 4.74 Å². The van der Waals surface area contributed by atoms with Crippen molar-refractivity contribution in [3.63, 3.8) is 0 Å². The number of fused-ring (bicyclic) bond motifs is 1. The van der Waals surface area contributed by atoms with Crippen molar-refractivity contribution >= 4 is 11.5 Å². The zero-order valence-electron chi connectivity index (χ0n) is 12.1. The van der Waals surface area contributed by atoms with E-state index in [0.29, 0.717) is 0 Å². The lowest BCUT2D eigenvalue weighted by Crippen LogP contribution is -2.53. The molecular formula is C16H18N4O2. The van der Waals surface area contributed by atoms with E-state index in [1.54, 1.807) is 12.1 Å². The zero-order chi connectivity index (χ0) is 14.9. The molecule has 1 unspecified atom stereocenters. The third-order valence-electron chi connectivity index (χ3n) is 4.03. The Balaban J connectivity index is 1.71. The number of phenols is 1. The Bertz CT molecular complexity index is 662. The molecule has 0 bridgehead atoms. The van der Waals surface area contributed by atoms with Crippen LogP contribution in [0.25, 0.3) is 5.70 Å². The first-order chi connectivity index (χ1) is 10.8. The van der Waals surface area contributed by atoms with E-state index in [2.05, 4.69) is 15.1 Å². The van der Waals surface area contributed by atoms with Gasteiger partial charge in [0.1, 0.15) is 11.6 Å². The Morgan fingerprint density at radius 3 is 2.95 bits per heavy atom. The average Bonchev–Trinajstić information content (AvgIpc) is 3.03. The summed E-state index contributed by atoms with van der Waals surface area (Å²) in [6.07, 6.45) is 5.98. The van der Waals surface area contributed by atoms with Gasteiger partial charge in [-0.05, 0) is 12.1 Å². The number of hydrogen-bond acceptors (Lipinski definition) is 6. The van der Waals surface area contributed by atoms with Crippen molar-refractivity contribution in [2.45, 2.75) is 6.17 Å². The minimum absolute atomic E-state index is 0.0409. The van der Waals surface area contributed by atoms with Crippen LogP contribution in [0, 0.1) is 0 Å². The third-order valence-corrected chi connectivity index (χ3v) is 4.03. The Hall–Kier alpha value is -2.47. The van der Waals surface area contributed by atoms with Gasteiger partial charge in [0.25, 0.3) is 0 Å². The van der Waals surface area contributed by atoms with Crippen molar-refractivity contribution in [3.05, 3.63) is 48.4 Å². The summed E-state index contributed by atoms with van der Waals surface area (Å²) < 4.78 is 5.44. The van der Waals surface area contributed by atoms with Gasteiger partial charge in [0, 0.05) is 37.3 Å². The number of ether oxygens (including phenoxy) is 1. The van der Waals surface area contributed by atoms with Crippen molar-refractivity contribution in [2.24, 2.45) is 4.99 Å². The standard InChI is InChI=1S/C16H18N4O2/c21-13-3-1-2-12(10-13)14-11-20-5-4-17-15(20)16(18-14)19-6-8-22-9-7-19/h1-5,10-11,15,17,21H,6-9H2. The van der Waals surface area contributed by atoms with Crippen LogP contribution in [0.2, 0.25) is 0 Å². The van der Waals surface area contributed by atoms with Crippen LogP contribution in [-0.4, -0.2) is 53.2 Å². The topological polar surface area (TPSA) is 60.3 Å². The molecular weight excluding hydrogens is 280 g/mol. The molecule has 4 rings (SSSR count). The van der Waals surface area contributed by atoms with E-state index in [4.69, 9.17) is 9.73 Å². The lowest BCUT2D eigenvalue weighted by atomic mass is 10.1. The molecule has 1 saturated heterocycles. The number of phenolic OH excluding ortho intramolecular Hbond substituents is 1. The molecule has 1 aromatic carbocycles. The Labute approximate surface area is 129 Å². The summed E-state index contributed by atoms with van der Waals surface area (Å²) >= 11 is 0. The first-order valence-electron chi connectivity index (χ1n) is 7.44. The van der Waals surface area contributed by atoms with E-state index in [0.717, 1.165) is 43.4 Å². The second-order valence-electron chi connectivity index (χ2n) is 5.47. The van der Waals surface area contributed by atoms with Crippen molar-refractivity contribution < 1.29 is 9.84 Å². The number of amidine groups is 1. The molecule has 0 aromatic heterocycles. The van der Waals surface area contributed by atoms with Gasteiger partial charge in [0.15, 0.2) is 6.17 Å². The summed E-state index contributed by atoms with van der Waals surface area (Å²) in [6, 6.07) is 7.19. The largest absolute Gasteiger partial charge is 0.508 e. The quantitative estimate of drug-likeness (QED) is 0.814. The normalized spacial score (nSPS) is 23.7. The van der Waals surface area contributed by atoms with Crippen LogP contribution >= 0.6 is 0 Å². The number of benzene rings is 1. The Morgan fingerprint density at radius 2 is 2.14 bits per heavy atom. The molecule has 0 saturated carbocycles. The van der Waals surface area contributed by atoms with Gasteiger partial charge in [-0.15, -0.1) is 0 Å². The SMILES string of the molecule is Oc1cccc(C2=CN3C=CNC3C(N3CCOCC3)=N2)c1. The molecule has 1 fully saturated rings. The number of nitrogens with zero attached hydrogens (tertiary/aromatic N) is 3. The molecule has 3 aliphatic rings. The van der Waals surface area contributed by atoms with E-state index in [9.17, 15) is 5.11 Å². The summed E-state index contributed by atoms with van der Waals surface area (Å²) in [4.78, 5) is 9.22. The zero-order valence-corrected chi connectivity index (χ0v) is 12.1. The van der Waals surface area contributed by atoms with E-state index < -0.39 is 0 Å². The smallest absolute Gasteiger partial charge is 0.162 e. The van der Waals surface area contributed by atoms with Gasteiger partial charge in [-0.2, -0.15) is 0 Å². The molecule has 0 radical (unpaired) electrons. The summed E-state index contributed by atoms with van der Waals surface area (Å²) in [5, 5.41) is 13.0. The molecule has 6 heteroatoms. The fourth-order valence-electron chi connectivity index (χ4n) is 2.91. The number of nitrogens with one attached hydrogen (secondary N) is 1. The number of rotatable bonds is 1. The molecule has 0 amide bonds. The van der Waals surface area contributed by atoms with Gasteiger partial charge >= 0.3 is 0 Å². The monoisotopic (exact) mass is 298 g/mol. The predicted molar refractivity (Wildman–Crippen MR) is 83.8 cm³/mol. The fraction of sp³-hybridized carbons (Fsp3) is 0.312. The minimum atomic E-state index is 0.0409. The fourth-order valence-corrected chi connectivity index (χ4v) is 2.91. The van der Waals surface area contributed by atoms with Crippen molar-refractivity contribution in [3.8, 4) is 5.75 Å². The lowest BCUT2D eigenvalue weighted by molar-refractivity contribution is 0.0653. The maximum absolute atomic E-state index is 9.70. The number of hydrogen-bond donors (Lipinski definition) is 2. The van der Waals surface area contributed by atoms with Gasteiger partial charge in [-0.1, -0.05) is 12.1 Å². The summed E-state index contributed by atoms with van der Waals surface area (Å²) in [6.45, 7) is 3.14. The molecule has 0 aliphatic carbocycles. The Kier molecular flexibility index (Phi) is 3.23. The van der Waals surface area contributed by atoms with Crippen molar-refractivity contribution in [1.82, 2.24) is 15.1 Å². The first-order valence-corrected chi connectivity index (χ1v) is 7.44.